The van der Waals surface area contributed by atoms with Crippen molar-refractivity contribution in [3.05, 3.63) is 28.8 Å². The van der Waals surface area contributed by atoms with Gasteiger partial charge in [-0.25, -0.2) is 0 Å². The minimum Gasteiger partial charge on any atom is -0.489 e. The highest BCUT2D eigenvalue weighted by Gasteiger charge is 2.10. The maximum absolute atomic E-state index is 6.04. The monoisotopic (exact) mass is 235 g/mol. The Morgan fingerprint density at radius 3 is 2.47 bits per heavy atom. The molecule has 1 unspecified atom stereocenters. The van der Waals surface area contributed by atoms with Gasteiger partial charge in [0.1, 0.15) is 11.9 Å². The van der Waals surface area contributed by atoms with Gasteiger partial charge in [0.15, 0.2) is 0 Å². The molecule has 17 heavy (non-hydrogen) atoms. The summed E-state index contributed by atoms with van der Waals surface area (Å²) in [6, 6.07) is 4.28. The molecule has 0 fully saturated rings. The summed E-state index contributed by atoms with van der Waals surface area (Å²) in [4.78, 5) is 0. The third kappa shape index (κ3) is 4.04. The molecule has 1 aromatic carbocycles. The van der Waals surface area contributed by atoms with Gasteiger partial charge in [-0.2, -0.15) is 0 Å². The molecular weight excluding hydrogens is 210 g/mol. The van der Waals surface area contributed by atoms with E-state index in [1.807, 2.05) is 0 Å². The lowest BCUT2D eigenvalue weighted by Gasteiger charge is -2.19. The van der Waals surface area contributed by atoms with Crippen molar-refractivity contribution in [2.24, 2.45) is 0 Å². The Morgan fingerprint density at radius 1 is 1.18 bits per heavy atom. The van der Waals surface area contributed by atoms with Crippen molar-refractivity contribution in [2.75, 3.05) is 13.1 Å². The SMILES string of the molecule is CCCNCC(C)Oc1c(C)ccc(C)c1C. The van der Waals surface area contributed by atoms with Crippen LogP contribution in [0.4, 0.5) is 0 Å². The zero-order valence-corrected chi connectivity index (χ0v) is 11.8. The van der Waals surface area contributed by atoms with Crippen LogP contribution in [0, 0.1) is 20.8 Å². The molecule has 0 spiro atoms. The van der Waals surface area contributed by atoms with Crippen LogP contribution in [-0.4, -0.2) is 19.2 Å². The van der Waals surface area contributed by atoms with E-state index in [1.54, 1.807) is 0 Å². The van der Waals surface area contributed by atoms with Crippen LogP contribution in [0.1, 0.15) is 37.0 Å². The summed E-state index contributed by atoms with van der Waals surface area (Å²) in [7, 11) is 0. The first-order chi connectivity index (χ1) is 8.06. The molecule has 0 aromatic heterocycles. The van der Waals surface area contributed by atoms with Gasteiger partial charge in [-0.1, -0.05) is 19.1 Å². The first-order valence-corrected chi connectivity index (χ1v) is 6.50. The summed E-state index contributed by atoms with van der Waals surface area (Å²) in [5.74, 6) is 1.05. The predicted octanol–water partition coefficient (Wildman–Crippen LogP) is 3.38. The van der Waals surface area contributed by atoms with Gasteiger partial charge in [0.2, 0.25) is 0 Å². The largest absolute Gasteiger partial charge is 0.489 e. The zero-order valence-electron chi connectivity index (χ0n) is 11.8. The number of rotatable bonds is 6. The molecule has 0 aliphatic rings. The van der Waals surface area contributed by atoms with Crippen molar-refractivity contribution >= 4 is 0 Å². The van der Waals surface area contributed by atoms with Gasteiger partial charge in [0.25, 0.3) is 0 Å². The van der Waals surface area contributed by atoms with Crippen LogP contribution in [-0.2, 0) is 0 Å². The van der Waals surface area contributed by atoms with Crippen LogP contribution in [0.15, 0.2) is 12.1 Å². The van der Waals surface area contributed by atoms with Crippen molar-refractivity contribution in [1.29, 1.82) is 0 Å². The van der Waals surface area contributed by atoms with Gasteiger partial charge in [-0.15, -0.1) is 0 Å². The number of aryl methyl sites for hydroxylation is 2. The van der Waals surface area contributed by atoms with Crippen LogP contribution in [0.25, 0.3) is 0 Å². The fourth-order valence-corrected chi connectivity index (χ4v) is 1.83. The number of nitrogens with one attached hydrogen (secondary N) is 1. The first kappa shape index (κ1) is 14.0. The van der Waals surface area contributed by atoms with E-state index in [9.17, 15) is 0 Å². The highest BCUT2D eigenvalue weighted by Crippen LogP contribution is 2.26. The minimum atomic E-state index is 0.209. The molecule has 0 aliphatic heterocycles. The molecule has 0 aliphatic carbocycles. The molecule has 0 bridgehead atoms. The number of hydrogen-bond donors (Lipinski definition) is 1. The van der Waals surface area contributed by atoms with Crippen molar-refractivity contribution in [3.8, 4) is 5.75 Å². The smallest absolute Gasteiger partial charge is 0.125 e. The van der Waals surface area contributed by atoms with E-state index in [1.165, 1.54) is 16.7 Å². The molecule has 96 valence electrons. The molecular formula is C15H25NO. The normalized spacial score (nSPS) is 12.5. The van der Waals surface area contributed by atoms with E-state index < -0.39 is 0 Å². The lowest BCUT2D eigenvalue weighted by atomic mass is 10.1. The Kier molecular flexibility index (Phi) is 5.49. The zero-order chi connectivity index (χ0) is 12.8. The fourth-order valence-electron chi connectivity index (χ4n) is 1.83. The highest BCUT2D eigenvalue weighted by molar-refractivity contribution is 5.44. The summed E-state index contributed by atoms with van der Waals surface area (Å²) in [5, 5.41) is 3.38. The molecule has 0 radical (unpaired) electrons. The van der Waals surface area contributed by atoms with Crippen LogP contribution >= 0.6 is 0 Å². The maximum atomic E-state index is 6.04. The number of hydrogen-bond acceptors (Lipinski definition) is 2. The van der Waals surface area contributed by atoms with E-state index in [4.69, 9.17) is 4.74 Å². The maximum Gasteiger partial charge on any atom is 0.125 e. The summed E-state index contributed by atoms with van der Waals surface area (Å²) in [6.07, 6.45) is 1.37. The number of ether oxygens (including phenoxy) is 1. The molecule has 2 nitrogen and oxygen atoms in total. The standard InChI is InChI=1S/C15H25NO/c1-6-9-16-10-13(4)17-15-12(3)8-7-11(2)14(15)5/h7-8,13,16H,6,9-10H2,1-5H3. The van der Waals surface area contributed by atoms with E-state index >= 15 is 0 Å². The minimum absolute atomic E-state index is 0.209. The molecule has 1 rings (SSSR count). The van der Waals surface area contributed by atoms with E-state index in [0.717, 1.165) is 25.3 Å². The Balaban J connectivity index is 2.64. The van der Waals surface area contributed by atoms with Crippen LogP contribution in [0.5, 0.6) is 5.75 Å². The Hall–Kier alpha value is -1.02. The summed E-state index contributed by atoms with van der Waals surface area (Å²) < 4.78 is 6.04. The summed E-state index contributed by atoms with van der Waals surface area (Å²) in [6.45, 7) is 12.6. The second kappa shape index (κ2) is 6.65. The fraction of sp³-hybridized carbons (Fsp3) is 0.600. The second-order valence-electron chi connectivity index (χ2n) is 4.79. The molecule has 0 amide bonds. The second-order valence-corrected chi connectivity index (χ2v) is 4.79. The van der Waals surface area contributed by atoms with Crippen LogP contribution in [0.2, 0.25) is 0 Å². The average molecular weight is 235 g/mol. The lowest BCUT2D eigenvalue weighted by molar-refractivity contribution is 0.214. The molecule has 0 saturated carbocycles. The van der Waals surface area contributed by atoms with Gasteiger partial charge in [-0.05, 0) is 57.4 Å². The predicted molar refractivity (Wildman–Crippen MR) is 73.9 cm³/mol. The molecule has 0 heterocycles. The van der Waals surface area contributed by atoms with Gasteiger partial charge in [0.05, 0.1) is 0 Å². The van der Waals surface area contributed by atoms with Crippen molar-refractivity contribution < 1.29 is 4.74 Å². The molecule has 1 N–H and O–H groups in total. The Labute approximate surface area is 105 Å². The molecule has 2 heteroatoms. The topological polar surface area (TPSA) is 21.3 Å². The highest BCUT2D eigenvalue weighted by atomic mass is 16.5. The average Bonchev–Trinajstić information content (AvgIpc) is 2.30. The Morgan fingerprint density at radius 2 is 1.82 bits per heavy atom. The lowest BCUT2D eigenvalue weighted by Crippen LogP contribution is -2.29. The van der Waals surface area contributed by atoms with Gasteiger partial charge in [-0.3, -0.25) is 0 Å². The van der Waals surface area contributed by atoms with Gasteiger partial charge >= 0.3 is 0 Å². The Bertz CT molecular complexity index is 360. The van der Waals surface area contributed by atoms with Crippen LogP contribution in [0.3, 0.4) is 0 Å². The third-order valence-corrected chi connectivity index (χ3v) is 3.05. The first-order valence-electron chi connectivity index (χ1n) is 6.50. The summed E-state index contributed by atoms with van der Waals surface area (Å²) in [5.41, 5.74) is 3.77. The van der Waals surface area contributed by atoms with Crippen molar-refractivity contribution in [1.82, 2.24) is 5.32 Å². The molecule has 0 saturated heterocycles. The summed E-state index contributed by atoms with van der Waals surface area (Å²) >= 11 is 0. The third-order valence-electron chi connectivity index (χ3n) is 3.05. The van der Waals surface area contributed by atoms with Crippen molar-refractivity contribution in [3.63, 3.8) is 0 Å². The quantitative estimate of drug-likeness (QED) is 0.763. The van der Waals surface area contributed by atoms with Crippen molar-refractivity contribution in [2.45, 2.75) is 47.1 Å². The number of benzene rings is 1. The van der Waals surface area contributed by atoms with E-state index in [-0.39, 0.29) is 6.10 Å². The van der Waals surface area contributed by atoms with E-state index in [0.29, 0.717) is 0 Å². The molecule has 1 aromatic rings. The van der Waals surface area contributed by atoms with E-state index in [2.05, 4.69) is 52.1 Å². The van der Waals surface area contributed by atoms with Crippen LogP contribution < -0.4 is 10.1 Å². The molecule has 1 atom stereocenters. The van der Waals surface area contributed by atoms with Gasteiger partial charge < -0.3 is 10.1 Å². The van der Waals surface area contributed by atoms with Gasteiger partial charge in [0, 0.05) is 6.54 Å².